The van der Waals surface area contributed by atoms with Gasteiger partial charge in [0.2, 0.25) is 0 Å². The molecule has 0 aromatic heterocycles. The molecule has 3 N–H and O–H groups in total. The molecule has 0 bridgehead atoms. The normalized spacial score (nSPS) is 48.6. The van der Waals surface area contributed by atoms with Crippen LogP contribution in [0.4, 0.5) is 0 Å². The van der Waals surface area contributed by atoms with Crippen LogP contribution in [0.2, 0.25) is 0 Å². The van der Waals surface area contributed by atoms with Crippen molar-refractivity contribution in [3.63, 3.8) is 0 Å². The Morgan fingerprint density at radius 1 is 1.39 bits per heavy atom. The summed E-state index contributed by atoms with van der Waals surface area (Å²) in [4.78, 5) is 0. The van der Waals surface area contributed by atoms with E-state index in [9.17, 15) is 15.3 Å². The second kappa shape index (κ2) is 4.95. The number of aliphatic hydroxyl groups excluding tert-OH is 3. The van der Waals surface area contributed by atoms with E-state index in [-0.39, 0.29) is 23.9 Å². The lowest BCUT2D eigenvalue weighted by Gasteiger charge is -2.50. The summed E-state index contributed by atoms with van der Waals surface area (Å²) >= 11 is 0. The zero-order chi connectivity index (χ0) is 13.5. The standard InChI is InChI=1S/C15H26O3/c1-9(2)11-4-5-15(7-11)10(3)14(18)13(17)6-12(15)8-16/h10-14,16-18H,1,4-8H2,2-3H3/t10-,11-,12+,13-,14-,15-/m1/s1. The molecule has 104 valence electrons. The van der Waals surface area contributed by atoms with Gasteiger partial charge in [-0.2, -0.15) is 0 Å². The molecule has 2 aliphatic carbocycles. The number of hydrogen-bond donors (Lipinski definition) is 3. The van der Waals surface area contributed by atoms with Crippen molar-refractivity contribution in [1.29, 1.82) is 0 Å². The molecule has 0 aliphatic heterocycles. The van der Waals surface area contributed by atoms with Crippen molar-refractivity contribution in [1.82, 2.24) is 0 Å². The third kappa shape index (κ3) is 2.02. The minimum absolute atomic E-state index is 0.0169. The van der Waals surface area contributed by atoms with Gasteiger partial charge in [0, 0.05) is 6.61 Å². The summed E-state index contributed by atoms with van der Waals surface area (Å²) in [5, 5.41) is 29.7. The lowest BCUT2D eigenvalue weighted by molar-refractivity contribution is -0.135. The molecule has 2 aliphatic rings. The van der Waals surface area contributed by atoms with Crippen molar-refractivity contribution in [2.45, 2.75) is 51.7 Å². The van der Waals surface area contributed by atoms with E-state index >= 15 is 0 Å². The molecule has 0 heterocycles. The third-order valence-electron chi connectivity index (χ3n) is 5.65. The molecular formula is C15H26O3. The summed E-state index contributed by atoms with van der Waals surface area (Å²) in [6, 6.07) is 0. The molecule has 0 aromatic carbocycles. The van der Waals surface area contributed by atoms with Gasteiger partial charge in [-0.3, -0.25) is 0 Å². The summed E-state index contributed by atoms with van der Waals surface area (Å²) in [5.41, 5.74) is 1.19. The van der Waals surface area contributed by atoms with Gasteiger partial charge >= 0.3 is 0 Å². The fourth-order valence-corrected chi connectivity index (χ4v) is 4.28. The number of hydrogen-bond acceptors (Lipinski definition) is 3. The van der Waals surface area contributed by atoms with Crippen LogP contribution in [-0.4, -0.2) is 34.1 Å². The zero-order valence-electron chi connectivity index (χ0n) is 11.5. The third-order valence-corrected chi connectivity index (χ3v) is 5.65. The Morgan fingerprint density at radius 2 is 2.06 bits per heavy atom. The quantitative estimate of drug-likeness (QED) is 0.658. The summed E-state index contributed by atoms with van der Waals surface area (Å²) in [6.07, 6.45) is 2.30. The number of aliphatic hydroxyl groups is 3. The van der Waals surface area contributed by atoms with E-state index in [4.69, 9.17) is 0 Å². The minimum atomic E-state index is -0.688. The van der Waals surface area contributed by atoms with Gasteiger partial charge in [0.15, 0.2) is 0 Å². The highest BCUT2D eigenvalue weighted by Crippen LogP contribution is 2.58. The minimum Gasteiger partial charge on any atom is -0.396 e. The van der Waals surface area contributed by atoms with Crippen LogP contribution in [-0.2, 0) is 0 Å². The van der Waals surface area contributed by atoms with Crippen LogP contribution in [0, 0.1) is 23.2 Å². The topological polar surface area (TPSA) is 60.7 Å². The Morgan fingerprint density at radius 3 is 2.56 bits per heavy atom. The molecule has 0 aromatic rings. The predicted molar refractivity (Wildman–Crippen MR) is 71.0 cm³/mol. The second-order valence-corrected chi connectivity index (χ2v) is 6.48. The van der Waals surface area contributed by atoms with E-state index in [0.29, 0.717) is 12.3 Å². The van der Waals surface area contributed by atoms with Crippen LogP contribution >= 0.6 is 0 Å². The van der Waals surface area contributed by atoms with Crippen molar-refractivity contribution < 1.29 is 15.3 Å². The molecule has 6 atom stereocenters. The van der Waals surface area contributed by atoms with Gasteiger partial charge in [0.25, 0.3) is 0 Å². The molecule has 2 saturated carbocycles. The molecular weight excluding hydrogens is 228 g/mol. The van der Waals surface area contributed by atoms with Gasteiger partial charge in [-0.25, -0.2) is 0 Å². The zero-order valence-corrected chi connectivity index (χ0v) is 11.5. The fourth-order valence-electron chi connectivity index (χ4n) is 4.28. The Bertz CT molecular complexity index is 324. The summed E-state index contributed by atoms with van der Waals surface area (Å²) in [6.45, 7) is 8.25. The first-order chi connectivity index (χ1) is 8.42. The Balaban J connectivity index is 2.25. The van der Waals surface area contributed by atoms with Crippen LogP contribution in [0.1, 0.15) is 39.5 Å². The molecule has 3 nitrogen and oxygen atoms in total. The van der Waals surface area contributed by atoms with Gasteiger partial charge in [0.05, 0.1) is 12.2 Å². The number of allylic oxidation sites excluding steroid dienone is 1. The highest BCUT2D eigenvalue weighted by molar-refractivity contribution is 5.10. The Kier molecular flexibility index (Phi) is 3.86. The van der Waals surface area contributed by atoms with Crippen molar-refractivity contribution in [3.05, 3.63) is 12.2 Å². The highest BCUT2D eigenvalue weighted by atomic mass is 16.3. The molecule has 0 saturated heterocycles. The van der Waals surface area contributed by atoms with E-state index in [2.05, 4.69) is 13.5 Å². The highest BCUT2D eigenvalue weighted by Gasteiger charge is 2.54. The first-order valence-electron chi connectivity index (χ1n) is 7.04. The van der Waals surface area contributed by atoms with E-state index in [0.717, 1.165) is 19.3 Å². The van der Waals surface area contributed by atoms with Crippen LogP contribution < -0.4 is 0 Å². The smallest absolute Gasteiger partial charge is 0.0830 e. The predicted octanol–water partition coefficient (Wildman–Crippen LogP) is 1.72. The maximum atomic E-state index is 10.2. The maximum absolute atomic E-state index is 10.2. The van der Waals surface area contributed by atoms with E-state index in [1.54, 1.807) is 0 Å². The molecule has 2 rings (SSSR count). The molecule has 3 heteroatoms. The summed E-state index contributed by atoms with van der Waals surface area (Å²) in [5.74, 6) is 0.655. The molecule has 2 fully saturated rings. The van der Waals surface area contributed by atoms with Gasteiger partial charge in [-0.15, -0.1) is 0 Å². The van der Waals surface area contributed by atoms with Gasteiger partial charge in [0.1, 0.15) is 0 Å². The lowest BCUT2D eigenvalue weighted by atomic mass is 9.57. The Hall–Kier alpha value is -0.380. The molecule has 1 spiro atoms. The summed E-state index contributed by atoms with van der Waals surface area (Å²) < 4.78 is 0. The van der Waals surface area contributed by atoms with Crippen LogP contribution in [0.5, 0.6) is 0 Å². The van der Waals surface area contributed by atoms with Gasteiger partial charge in [-0.05, 0) is 55.8 Å². The van der Waals surface area contributed by atoms with Crippen LogP contribution in [0.15, 0.2) is 12.2 Å². The Labute approximate surface area is 110 Å². The van der Waals surface area contributed by atoms with Crippen LogP contribution in [0.3, 0.4) is 0 Å². The van der Waals surface area contributed by atoms with Gasteiger partial charge in [-0.1, -0.05) is 19.1 Å². The average molecular weight is 254 g/mol. The van der Waals surface area contributed by atoms with Crippen molar-refractivity contribution in [2.75, 3.05) is 6.61 Å². The number of rotatable bonds is 2. The van der Waals surface area contributed by atoms with Crippen molar-refractivity contribution in [3.8, 4) is 0 Å². The van der Waals surface area contributed by atoms with E-state index < -0.39 is 12.2 Å². The largest absolute Gasteiger partial charge is 0.396 e. The second-order valence-electron chi connectivity index (χ2n) is 6.48. The molecule has 0 unspecified atom stereocenters. The first-order valence-corrected chi connectivity index (χ1v) is 7.04. The van der Waals surface area contributed by atoms with Crippen molar-refractivity contribution in [2.24, 2.45) is 23.2 Å². The summed E-state index contributed by atoms with van der Waals surface area (Å²) in [7, 11) is 0. The lowest BCUT2D eigenvalue weighted by Crippen LogP contribution is -2.53. The first kappa shape index (κ1) is 14.0. The average Bonchev–Trinajstić information content (AvgIpc) is 2.78. The SMILES string of the molecule is C=C(C)[C@@H]1CC[C@]2(C1)[C@H](CO)C[C@@H](O)[C@H](O)[C@H]2C. The monoisotopic (exact) mass is 254 g/mol. The molecule has 18 heavy (non-hydrogen) atoms. The van der Waals surface area contributed by atoms with Crippen molar-refractivity contribution >= 4 is 0 Å². The van der Waals surface area contributed by atoms with E-state index in [1.807, 2.05) is 6.92 Å². The molecule has 0 radical (unpaired) electrons. The van der Waals surface area contributed by atoms with Crippen LogP contribution in [0.25, 0.3) is 0 Å². The van der Waals surface area contributed by atoms with E-state index in [1.165, 1.54) is 5.57 Å². The maximum Gasteiger partial charge on any atom is 0.0830 e. The van der Waals surface area contributed by atoms with Gasteiger partial charge < -0.3 is 15.3 Å². The molecule has 0 amide bonds. The fraction of sp³-hybridized carbons (Fsp3) is 0.867.